The van der Waals surface area contributed by atoms with E-state index in [1.54, 1.807) is 18.4 Å². The first-order valence-corrected chi connectivity index (χ1v) is 5.01. The van der Waals surface area contributed by atoms with E-state index in [4.69, 9.17) is 9.52 Å². The van der Waals surface area contributed by atoms with Crippen LogP contribution in [-0.4, -0.2) is 21.0 Å². The van der Waals surface area contributed by atoms with Crippen molar-refractivity contribution in [2.75, 3.05) is 0 Å². The van der Waals surface area contributed by atoms with E-state index >= 15 is 0 Å². The van der Waals surface area contributed by atoms with Gasteiger partial charge in [-0.25, -0.2) is 9.78 Å². The van der Waals surface area contributed by atoms with Gasteiger partial charge in [-0.3, -0.25) is 4.79 Å². The fourth-order valence-corrected chi connectivity index (χ4v) is 1.43. The zero-order chi connectivity index (χ0) is 12.3. The molecule has 88 valence electrons. The summed E-state index contributed by atoms with van der Waals surface area (Å²) in [4.78, 5) is 28.2. The molecule has 0 aliphatic rings. The van der Waals surface area contributed by atoms with Crippen molar-refractivity contribution in [3.63, 3.8) is 0 Å². The van der Waals surface area contributed by atoms with Crippen LogP contribution in [-0.2, 0) is 12.8 Å². The Morgan fingerprint density at radius 2 is 2.29 bits per heavy atom. The molecule has 2 N–H and O–H groups in total. The zero-order valence-corrected chi connectivity index (χ0v) is 8.84. The third-order valence-electron chi connectivity index (χ3n) is 2.20. The molecule has 0 spiro atoms. The molecule has 0 fully saturated rings. The number of rotatable bonds is 4. The van der Waals surface area contributed by atoms with Gasteiger partial charge in [0.15, 0.2) is 5.69 Å². The number of nitrogens with zero attached hydrogens (tertiary/aromatic N) is 1. The smallest absolute Gasteiger partial charge is 0.354 e. The van der Waals surface area contributed by atoms with Gasteiger partial charge in [-0.15, -0.1) is 0 Å². The SMILES string of the molecule is O=C(O)c1cc(=O)[nH]c(CCc2ccco2)n1. The fraction of sp³-hybridized carbons (Fsp3) is 0.182. The highest BCUT2D eigenvalue weighted by molar-refractivity contribution is 5.85. The van der Waals surface area contributed by atoms with E-state index < -0.39 is 11.5 Å². The van der Waals surface area contributed by atoms with Gasteiger partial charge in [0.2, 0.25) is 0 Å². The van der Waals surface area contributed by atoms with Gasteiger partial charge in [0.25, 0.3) is 5.56 Å². The largest absolute Gasteiger partial charge is 0.477 e. The number of hydrogen-bond acceptors (Lipinski definition) is 4. The molecule has 0 saturated carbocycles. The quantitative estimate of drug-likeness (QED) is 0.817. The van der Waals surface area contributed by atoms with Crippen LogP contribution >= 0.6 is 0 Å². The van der Waals surface area contributed by atoms with Crippen LogP contribution in [0.3, 0.4) is 0 Å². The van der Waals surface area contributed by atoms with Crippen molar-refractivity contribution in [1.29, 1.82) is 0 Å². The molecule has 2 aromatic rings. The molecule has 0 bridgehead atoms. The summed E-state index contributed by atoms with van der Waals surface area (Å²) in [5, 5.41) is 8.75. The second-order valence-corrected chi connectivity index (χ2v) is 3.46. The molecule has 0 amide bonds. The number of hydrogen-bond donors (Lipinski definition) is 2. The number of aromatic amines is 1. The molecule has 0 aliphatic carbocycles. The van der Waals surface area contributed by atoms with E-state index in [1.165, 1.54) is 0 Å². The van der Waals surface area contributed by atoms with Gasteiger partial charge < -0.3 is 14.5 Å². The maximum absolute atomic E-state index is 11.2. The summed E-state index contributed by atoms with van der Waals surface area (Å²) in [6.45, 7) is 0. The molecule has 6 heteroatoms. The highest BCUT2D eigenvalue weighted by atomic mass is 16.4. The minimum absolute atomic E-state index is 0.247. The maximum atomic E-state index is 11.2. The van der Waals surface area contributed by atoms with Crippen molar-refractivity contribution in [2.45, 2.75) is 12.8 Å². The summed E-state index contributed by atoms with van der Waals surface area (Å²) in [7, 11) is 0. The van der Waals surface area contributed by atoms with Crippen molar-refractivity contribution in [1.82, 2.24) is 9.97 Å². The average Bonchev–Trinajstić information content (AvgIpc) is 2.78. The Morgan fingerprint density at radius 3 is 2.94 bits per heavy atom. The zero-order valence-electron chi connectivity index (χ0n) is 8.84. The number of aryl methyl sites for hydroxylation is 2. The lowest BCUT2D eigenvalue weighted by Gasteiger charge is -2.00. The predicted molar refractivity (Wildman–Crippen MR) is 57.9 cm³/mol. The van der Waals surface area contributed by atoms with Crippen LogP contribution in [0.1, 0.15) is 22.1 Å². The number of carbonyl (C=O) groups is 1. The van der Waals surface area contributed by atoms with Crippen LogP contribution in [0, 0.1) is 0 Å². The number of nitrogens with one attached hydrogen (secondary N) is 1. The highest BCUT2D eigenvalue weighted by Crippen LogP contribution is 2.04. The van der Waals surface area contributed by atoms with Gasteiger partial charge in [0, 0.05) is 18.9 Å². The van der Waals surface area contributed by atoms with Crippen molar-refractivity contribution in [3.8, 4) is 0 Å². The summed E-state index contributed by atoms with van der Waals surface area (Å²) in [6, 6.07) is 4.52. The first-order valence-electron chi connectivity index (χ1n) is 5.01. The van der Waals surface area contributed by atoms with Gasteiger partial charge in [-0.05, 0) is 12.1 Å². The standard InChI is InChI=1S/C11H10N2O4/c14-10-6-8(11(15)16)12-9(13-10)4-3-7-2-1-5-17-7/h1-2,5-6H,3-4H2,(H,15,16)(H,12,13,14). The summed E-state index contributed by atoms with van der Waals surface area (Å²) in [6.07, 6.45) is 2.53. The average molecular weight is 234 g/mol. The van der Waals surface area contributed by atoms with Crippen LogP contribution in [0.25, 0.3) is 0 Å². The first-order chi connectivity index (χ1) is 8.15. The molecule has 0 aliphatic heterocycles. The van der Waals surface area contributed by atoms with Crippen LogP contribution < -0.4 is 5.56 Å². The molecule has 6 nitrogen and oxygen atoms in total. The Labute approximate surface area is 95.9 Å². The minimum Gasteiger partial charge on any atom is -0.477 e. The van der Waals surface area contributed by atoms with Crippen molar-refractivity contribution < 1.29 is 14.3 Å². The summed E-state index contributed by atoms with van der Waals surface area (Å²) in [5.41, 5.74) is -0.713. The van der Waals surface area contributed by atoms with Crippen molar-refractivity contribution in [2.24, 2.45) is 0 Å². The highest BCUT2D eigenvalue weighted by Gasteiger charge is 2.08. The molecule has 0 saturated heterocycles. The predicted octanol–water partition coefficient (Wildman–Crippen LogP) is 0.846. The van der Waals surface area contributed by atoms with E-state index in [2.05, 4.69) is 9.97 Å². The first kappa shape index (κ1) is 11.1. The van der Waals surface area contributed by atoms with Crippen molar-refractivity contribution in [3.05, 3.63) is 52.1 Å². The fourth-order valence-electron chi connectivity index (χ4n) is 1.43. The van der Waals surface area contributed by atoms with E-state index in [0.29, 0.717) is 18.7 Å². The lowest BCUT2D eigenvalue weighted by Crippen LogP contribution is -2.16. The molecule has 17 heavy (non-hydrogen) atoms. The van der Waals surface area contributed by atoms with E-state index in [1.807, 2.05) is 0 Å². The van der Waals surface area contributed by atoms with Crippen LogP contribution in [0.4, 0.5) is 0 Å². The van der Waals surface area contributed by atoms with E-state index in [9.17, 15) is 9.59 Å². The molecular formula is C11H10N2O4. The molecule has 2 heterocycles. The van der Waals surface area contributed by atoms with Gasteiger partial charge in [0.1, 0.15) is 11.6 Å². The Kier molecular flexibility index (Phi) is 3.04. The molecule has 0 atom stereocenters. The summed E-state index contributed by atoms with van der Waals surface area (Å²) >= 11 is 0. The second-order valence-electron chi connectivity index (χ2n) is 3.46. The van der Waals surface area contributed by atoms with E-state index in [0.717, 1.165) is 11.8 Å². The molecular weight excluding hydrogens is 224 g/mol. The molecule has 2 aromatic heterocycles. The minimum atomic E-state index is -1.21. The summed E-state index contributed by atoms with van der Waals surface area (Å²) in [5.74, 6) is -0.116. The number of aromatic carboxylic acids is 1. The van der Waals surface area contributed by atoms with E-state index in [-0.39, 0.29) is 5.69 Å². The van der Waals surface area contributed by atoms with Gasteiger partial charge in [0.05, 0.1) is 6.26 Å². The van der Waals surface area contributed by atoms with Crippen LogP contribution in [0.2, 0.25) is 0 Å². The lowest BCUT2D eigenvalue weighted by atomic mass is 10.2. The molecule has 0 radical (unpaired) electrons. The molecule has 0 aromatic carbocycles. The normalized spacial score (nSPS) is 10.4. The molecule has 0 unspecified atom stereocenters. The Bertz CT molecular complexity index is 571. The molecule has 2 rings (SSSR count). The second kappa shape index (κ2) is 4.65. The number of aromatic nitrogens is 2. The Morgan fingerprint density at radius 1 is 1.47 bits per heavy atom. The van der Waals surface area contributed by atoms with Crippen LogP contribution in [0.5, 0.6) is 0 Å². The Balaban J connectivity index is 2.15. The van der Waals surface area contributed by atoms with Crippen LogP contribution in [0.15, 0.2) is 33.7 Å². The maximum Gasteiger partial charge on any atom is 0.354 e. The number of H-pyrrole nitrogens is 1. The van der Waals surface area contributed by atoms with Gasteiger partial charge >= 0.3 is 5.97 Å². The lowest BCUT2D eigenvalue weighted by molar-refractivity contribution is 0.0689. The number of furan rings is 1. The van der Waals surface area contributed by atoms with Gasteiger partial charge in [-0.1, -0.05) is 0 Å². The topological polar surface area (TPSA) is 96.2 Å². The van der Waals surface area contributed by atoms with Gasteiger partial charge in [-0.2, -0.15) is 0 Å². The number of carboxylic acid groups (broad SMARTS) is 1. The third-order valence-corrected chi connectivity index (χ3v) is 2.20. The van der Waals surface area contributed by atoms with Crippen molar-refractivity contribution >= 4 is 5.97 Å². The monoisotopic (exact) mass is 234 g/mol. The summed E-state index contributed by atoms with van der Waals surface area (Å²) < 4.78 is 5.13. The third kappa shape index (κ3) is 2.81. The number of carboxylic acids is 1. The Hall–Kier alpha value is -2.37.